The summed E-state index contributed by atoms with van der Waals surface area (Å²) in [6, 6.07) is 0. The van der Waals surface area contributed by atoms with E-state index in [0.717, 1.165) is 13.1 Å². The molecule has 1 fully saturated rings. The molecule has 104 valence electrons. The number of ether oxygens (including phenoxy) is 1. The molecule has 0 bridgehead atoms. The number of hydrogen-bond acceptors (Lipinski definition) is 4. The van der Waals surface area contributed by atoms with Gasteiger partial charge in [-0.25, -0.2) is 4.79 Å². The van der Waals surface area contributed by atoms with Gasteiger partial charge in [0.15, 0.2) is 5.78 Å². The lowest BCUT2D eigenvalue weighted by molar-refractivity contribution is -0.127. The van der Waals surface area contributed by atoms with E-state index in [9.17, 15) is 9.59 Å². The van der Waals surface area contributed by atoms with Crippen LogP contribution in [0.3, 0.4) is 0 Å². The van der Waals surface area contributed by atoms with Crippen molar-refractivity contribution >= 4 is 11.9 Å². The van der Waals surface area contributed by atoms with E-state index < -0.39 is 0 Å². The summed E-state index contributed by atoms with van der Waals surface area (Å²) in [5.41, 5.74) is -0.293. The first-order valence-electron chi connectivity index (χ1n) is 6.52. The van der Waals surface area contributed by atoms with Crippen LogP contribution in [-0.2, 0) is 9.53 Å². The molecule has 0 atom stereocenters. The fourth-order valence-electron chi connectivity index (χ4n) is 1.74. The molecule has 5 heteroatoms. The highest BCUT2D eigenvalue weighted by Crippen LogP contribution is 2.16. The second-order valence-corrected chi connectivity index (χ2v) is 5.64. The number of hydrogen-bond donors (Lipinski definition) is 0. The molecule has 0 aromatic heterocycles. The molecule has 1 aliphatic heterocycles. The molecule has 0 aromatic rings. The molecule has 5 nitrogen and oxygen atoms in total. The first kappa shape index (κ1) is 15.0. The molecule has 1 rings (SSSR count). The third kappa shape index (κ3) is 4.29. The number of nitrogens with zero attached hydrogens (tertiary/aromatic N) is 2. The maximum atomic E-state index is 11.9. The van der Waals surface area contributed by atoms with Gasteiger partial charge in [0.2, 0.25) is 0 Å². The first-order chi connectivity index (χ1) is 8.34. The van der Waals surface area contributed by atoms with Crippen molar-refractivity contribution in [3.05, 3.63) is 0 Å². The van der Waals surface area contributed by atoms with Crippen LogP contribution in [-0.4, -0.2) is 61.0 Å². The Morgan fingerprint density at radius 3 is 2.11 bits per heavy atom. The van der Waals surface area contributed by atoms with Gasteiger partial charge in [0, 0.05) is 31.6 Å². The predicted molar refractivity (Wildman–Crippen MR) is 69.5 cm³/mol. The lowest BCUT2D eigenvalue weighted by atomic mass is 9.90. The molecule has 1 saturated heterocycles. The zero-order chi connectivity index (χ0) is 13.8. The molecule has 0 unspecified atom stereocenters. The molecular formula is C13H24N2O3. The summed E-state index contributed by atoms with van der Waals surface area (Å²) in [4.78, 5) is 27.2. The number of carbonyl (C=O) groups is 2. The Kier molecular flexibility index (Phi) is 5.14. The number of carbonyl (C=O) groups excluding carboxylic acids is 2. The van der Waals surface area contributed by atoms with E-state index in [4.69, 9.17) is 4.74 Å². The number of piperazine rings is 1. The Labute approximate surface area is 109 Å². The molecule has 1 aliphatic rings. The second-order valence-electron chi connectivity index (χ2n) is 5.64. The van der Waals surface area contributed by atoms with Crippen molar-refractivity contribution < 1.29 is 14.3 Å². The lowest BCUT2D eigenvalue weighted by Crippen LogP contribution is -2.50. The highest BCUT2D eigenvalue weighted by Gasteiger charge is 2.27. The maximum Gasteiger partial charge on any atom is 0.409 e. The van der Waals surface area contributed by atoms with Crippen molar-refractivity contribution in [3.8, 4) is 0 Å². The van der Waals surface area contributed by atoms with Crippen molar-refractivity contribution in [3.63, 3.8) is 0 Å². The molecule has 18 heavy (non-hydrogen) atoms. The van der Waals surface area contributed by atoms with Crippen LogP contribution in [0, 0.1) is 5.41 Å². The first-order valence-corrected chi connectivity index (χ1v) is 6.52. The van der Waals surface area contributed by atoms with Crippen LogP contribution in [0.1, 0.15) is 27.7 Å². The van der Waals surface area contributed by atoms with Crippen molar-refractivity contribution in [1.29, 1.82) is 0 Å². The summed E-state index contributed by atoms with van der Waals surface area (Å²) in [7, 11) is 0. The van der Waals surface area contributed by atoms with Gasteiger partial charge in [-0.2, -0.15) is 0 Å². The summed E-state index contributed by atoms with van der Waals surface area (Å²) < 4.78 is 4.95. The van der Waals surface area contributed by atoms with Gasteiger partial charge in [0.25, 0.3) is 0 Å². The largest absolute Gasteiger partial charge is 0.450 e. The third-order valence-electron chi connectivity index (χ3n) is 3.10. The average molecular weight is 256 g/mol. The van der Waals surface area contributed by atoms with Crippen LogP contribution in [0.4, 0.5) is 4.79 Å². The Balaban J connectivity index is 2.36. The minimum atomic E-state index is -0.293. The monoisotopic (exact) mass is 256 g/mol. The molecule has 0 saturated carbocycles. The van der Waals surface area contributed by atoms with Crippen LogP contribution >= 0.6 is 0 Å². The van der Waals surface area contributed by atoms with Crippen LogP contribution in [0.5, 0.6) is 0 Å². The van der Waals surface area contributed by atoms with Crippen LogP contribution in [0.15, 0.2) is 0 Å². The molecule has 1 heterocycles. The van der Waals surface area contributed by atoms with E-state index in [1.54, 1.807) is 11.8 Å². The minimum absolute atomic E-state index is 0.243. The van der Waals surface area contributed by atoms with Crippen LogP contribution in [0.2, 0.25) is 0 Å². The molecule has 0 aromatic carbocycles. The number of amides is 1. The molecular weight excluding hydrogens is 232 g/mol. The fraction of sp³-hybridized carbons (Fsp3) is 0.846. The van der Waals surface area contributed by atoms with Gasteiger partial charge >= 0.3 is 6.09 Å². The Morgan fingerprint density at radius 2 is 1.67 bits per heavy atom. The minimum Gasteiger partial charge on any atom is -0.450 e. The zero-order valence-corrected chi connectivity index (χ0v) is 11.9. The third-order valence-corrected chi connectivity index (χ3v) is 3.10. The van der Waals surface area contributed by atoms with Crippen molar-refractivity contribution in [2.24, 2.45) is 5.41 Å². The number of Topliss-reactive ketones (excluding diaryl/α,β-unsaturated/α-hetero) is 1. The quantitative estimate of drug-likeness (QED) is 0.765. The van der Waals surface area contributed by atoms with Gasteiger partial charge in [-0.1, -0.05) is 20.8 Å². The number of rotatable bonds is 3. The lowest BCUT2D eigenvalue weighted by Gasteiger charge is -2.34. The maximum absolute atomic E-state index is 11.9. The normalized spacial score (nSPS) is 17.7. The SMILES string of the molecule is CCOC(=O)N1CCN(CC(=O)C(C)(C)C)CC1. The predicted octanol–water partition coefficient (Wildman–Crippen LogP) is 1.38. The zero-order valence-electron chi connectivity index (χ0n) is 11.9. The van der Waals surface area contributed by atoms with Crippen molar-refractivity contribution in [1.82, 2.24) is 9.80 Å². The Bertz CT molecular complexity index is 302. The van der Waals surface area contributed by atoms with E-state index in [1.165, 1.54) is 0 Å². The summed E-state index contributed by atoms with van der Waals surface area (Å²) in [5.74, 6) is 0.243. The van der Waals surface area contributed by atoms with E-state index in [1.807, 2.05) is 20.8 Å². The Hall–Kier alpha value is -1.10. The standard InChI is InChI=1S/C13H24N2O3/c1-5-18-12(17)15-8-6-14(7-9-15)10-11(16)13(2,3)4/h5-10H2,1-4H3. The van der Waals surface area contributed by atoms with Crippen molar-refractivity contribution in [2.75, 3.05) is 39.3 Å². The average Bonchev–Trinajstić information content (AvgIpc) is 2.29. The van der Waals surface area contributed by atoms with Gasteiger partial charge in [-0.3, -0.25) is 9.69 Å². The smallest absolute Gasteiger partial charge is 0.409 e. The summed E-state index contributed by atoms with van der Waals surface area (Å²) in [5, 5.41) is 0. The van der Waals surface area contributed by atoms with Gasteiger partial charge in [0.1, 0.15) is 0 Å². The van der Waals surface area contributed by atoms with Crippen LogP contribution in [0.25, 0.3) is 0 Å². The van der Waals surface area contributed by atoms with E-state index >= 15 is 0 Å². The molecule has 0 radical (unpaired) electrons. The highest BCUT2D eigenvalue weighted by molar-refractivity contribution is 5.85. The van der Waals surface area contributed by atoms with Gasteiger partial charge in [-0.15, -0.1) is 0 Å². The molecule has 0 aliphatic carbocycles. The highest BCUT2D eigenvalue weighted by atomic mass is 16.6. The van der Waals surface area contributed by atoms with Crippen LogP contribution < -0.4 is 0 Å². The van der Waals surface area contributed by atoms with E-state index in [0.29, 0.717) is 26.2 Å². The topological polar surface area (TPSA) is 49.9 Å². The summed E-state index contributed by atoms with van der Waals surface area (Å²) in [6.07, 6.45) is -0.251. The molecule has 0 N–H and O–H groups in total. The van der Waals surface area contributed by atoms with Crippen molar-refractivity contribution in [2.45, 2.75) is 27.7 Å². The van der Waals surface area contributed by atoms with Gasteiger partial charge < -0.3 is 9.64 Å². The Morgan fingerprint density at radius 1 is 1.11 bits per heavy atom. The van der Waals surface area contributed by atoms with E-state index in [-0.39, 0.29) is 17.3 Å². The summed E-state index contributed by atoms with van der Waals surface area (Å²) in [6.45, 7) is 11.2. The molecule has 0 spiro atoms. The molecule has 1 amide bonds. The van der Waals surface area contributed by atoms with E-state index in [2.05, 4.69) is 4.90 Å². The second kappa shape index (κ2) is 6.18. The van der Waals surface area contributed by atoms with Gasteiger partial charge in [0.05, 0.1) is 13.2 Å². The number of ketones is 1. The van der Waals surface area contributed by atoms with Gasteiger partial charge in [-0.05, 0) is 6.92 Å². The summed E-state index contributed by atoms with van der Waals surface area (Å²) >= 11 is 0. The fourth-order valence-corrected chi connectivity index (χ4v) is 1.74.